The first kappa shape index (κ1) is 30.1. The lowest BCUT2D eigenvalue weighted by atomic mass is 10.0. The number of hydrogen-bond acceptors (Lipinski definition) is 7. The average molecular weight is 559 g/mol. The van der Waals surface area contributed by atoms with Gasteiger partial charge in [0.15, 0.2) is 5.15 Å². The van der Waals surface area contributed by atoms with Gasteiger partial charge in [0, 0.05) is 25.9 Å². The van der Waals surface area contributed by atoms with E-state index in [1.165, 1.54) is 12.1 Å². The number of carbonyl (C=O) groups is 2. The van der Waals surface area contributed by atoms with Crippen LogP contribution in [0.2, 0.25) is 5.15 Å². The molecule has 2 atom stereocenters. The molecule has 2 amide bonds. The van der Waals surface area contributed by atoms with Gasteiger partial charge in [-0.15, -0.1) is 0 Å². The zero-order valence-electron chi connectivity index (χ0n) is 20.8. The van der Waals surface area contributed by atoms with Crippen molar-refractivity contribution >= 4 is 46.1 Å². The van der Waals surface area contributed by atoms with Crippen LogP contribution < -0.4 is 10.0 Å². The van der Waals surface area contributed by atoms with Gasteiger partial charge in [-0.3, -0.25) is 9.59 Å². The maximum atomic E-state index is 12.6. The Morgan fingerprint density at radius 2 is 1.89 bits per heavy atom. The number of imidazole rings is 1. The predicted molar refractivity (Wildman–Crippen MR) is 142 cm³/mol. The van der Waals surface area contributed by atoms with Crippen molar-refractivity contribution in [3.63, 3.8) is 0 Å². The maximum absolute atomic E-state index is 12.6. The lowest BCUT2D eigenvalue weighted by molar-refractivity contribution is -0.121. The van der Waals surface area contributed by atoms with Gasteiger partial charge in [0.2, 0.25) is 11.8 Å². The summed E-state index contributed by atoms with van der Waals surface area (Å²) in [4.78, 5) is 28.5. The molecule has 1 heterocycles. The van der Waals surface area contributed by atoms with E-state index in [0.29, 0.717) is 18.7 Å². The molecule has 9 nitrogen and oxygen atoms in total. The van der Waals surface area contributed by atoms with E-state index in [9.17, 15) is 23.1 Å². The Bertz CT molecular complexity index is 1140. The maximum Gasteiger partial charge on any atom is 0.264 e. The van der Waals surface area contributed by atoms with E-state index < -0.39 is 21.2 Å². The molecule has 36 heavy (non-hydrogen) atoms. The lowest BCUT2D eigenvalue weighted by Gasteiger charge is -2.16. The van der Waals surface area contributed by atoms with Crippen LogP contribution in [0.5, 0.6) is 0 Å². The topological polar surface area (TPSA) is 130 Å². The molecule has 2 rings (SSSR count). The molecule has 1 aromatic heterocycles. The first-order chi connectivity index (χ1) is 17.0. The number of benzene rings is 1. The van der Waals surface area contributed by atoms with E-state index in [-0.39, 0.29) is 41.4 Å². The van der Waals surface area contributed by atoms with Gasteiger partial charge < -0.3 is 15.0 Å². The molecule has 2 unspecified atom stereocenters. The zero-order valence-corrected chi connectivity index (χ0v) is 23.3. The van der Waals surface area contributed by atoms with Crippen LogP contribution in [-0.4, -0.2) is 46.7 Å². The molecule has 0 aliphatic rings. The van der Waals surface area contributed by atoms with Crippen molar-refractivity contribution in [2.24, 2.45) is 5.92 Å². The van der Waals surface area contributed by atoms with Crippen LogP contribution >= 0.6 is 24.2 Å². The molecule has 12 heteroatoms. The molecule has 0 aliphatic carbocycles. The van der Waals surface area contributed by atoms with Crippen LogP contribution in [0.4, 0.5) is 0 Å². The molecule has 1 aromatic carbocycles. The minimum atomic E-state index is -4.07. The summed E-state index contributed by atoms with van der Waals surface area (Å²) >= 11 is 10.5. The molecule has 2 aromatic rings. The summed E-state index contributed by atoms with van der Waals surface area (Å²) in [5.74, 6) is -0.176. The fourth-order valence-electron chi connectivity index (χ4n) is 3.47. The van der Waals surface area contributed by atoms with Crippen LogP contribution in [0.25, 0.3) is 0 Å². The first-order valence-corrected chi connectivity index (χ1v) is 14.4. The number of sulfonamides is 1. The number of rotatable bonds is 14. The van der Waals surface area contributed by atoms with Crippen molar-refractivity contribution < 1.29 is 23.1 Å². The number of amides is 2. The van der Waals surface area contributed by atoms with Crippen LogP contribution in [0.3, 0.4) is 0 Å². The Morgan fingerprint density at radius 3 is 2.47 bits per heavy atom. The normalized spacial score (nSPS) is 13.3. The third-order valence-electron chi connectivity index (χ3n) is 5.93. The minimum absolute atomic E-state index is 0.00758. The monoisotopic (exact) mass is 558 g/mol. The first-order valence-electron chi connectivity index (χ1n) is 12.0. The van der Waals surface area contributed by atoms with Gasteiger partial charge in [-0.25, -0.2) is 18.1 Å². The van der Waals surface area contributed by atoms with Crippen LogP contribution in [0.1, 0.15) is 63.5 Å². The Balaban J connectivity index is 2.00. The van der Waals surface area contributed by atoms with Gasteiger partial charge in [-0.2, -0.15) is 12.6 Å². The molecule has 0 bridgehead atoms. The number of thiol groups is 1. The van der Waals surface area contributed by atoms with E-state index in [0.717, 1.165) is 30.7 Å². The molecular weight excluding hydrogens is 524 g/mol. The number of halogens is 1. The van der Waals surface area contributed by atoms with Crippen LogP contribution in [0.15, 0.2) is 29.2 Å². The average Bonchev–Trinajstić information content (AvgIpc) is 3.15. The number of aryl methyl sites for hydroxylation is 1. The van der Waals surface area contributed by atoms with Gasteiger partial charge >= 0.3 is 0 Å². The fraction of sp³-hybridized carbons (Fsp3) is 0.542. The van der Waals surface area contributed by atoms with Crippen molar-refractivity contribution in [1.29, 1.82) is 0 Å². The minimum Gasteiger partial charge on any atom is -0.390 e. The second-order valence-corrected chi connectivity index (χ2v) is 11.3. The number of unbranched alkanes of at least 4 members (excludes halogenated alkanes) is 1. The molecule has 0 saturated carbocycles. The summed E-state index contributed by atoms with van der Waals surface area (Å²) in [7, 11) is -4.07. The highest BCUT2D eigenvalue weighted by atomic mass is 35.5. The smallest absolute Gasteiger partial charge is 0.264 e. The SMILES string of the molecule is CCCCc1nc(Cl)c(CO)n1Cc1ccc(S(=O)(=O)NC(=O)CCNC(=O)C(S)C(C)CC)cc1. The largest absolute Gasteiger partial charge is 0.390 e. The Morgan fingerprint density at radius 1 is 1.22 bits per heavy atom. The van der Waals surface area contributed by atoms with Crippen LogP contribution in [0, 0.1) is 5.92 Å². The number of hydrogen-bond donors (Lipinski definition) is 4. The van der Waals surface area contributed by atoms with Crippen molar-refractivity contribution in [2.45, 2.75) is 76.2 Å². The van der Waals surface area contributed by atoms with Crippen molar-refractivity contribution in [1.82, 2.24) is 19.6 Å². The highest BCUT2D eigenvalue weighted by Crippen LogP contribution is 2.21. The molecule has 0 radical (unpaired) electrons. The lowest BCUT2D eigenvalue weighted by Crippen LogP contribution is -2.38. The molecule has 3 N–H and O–H groups in total. The number of aliphatic hydroxyl groups is 1. The quantitative estimate of drug-likeness (QED) is 0.264. The molecule has 0 aliphatic heterocycles. The van der Waals surface area contributed by atoms with E-state index in [1.54, 1.807) is 12.1 Å². The van der Waals surface area contributed by atoms with E-state index in [2.05, 4.69) is 29.9 Å². The van der Waals surface area contributed by atoms with Crippen molar-refractivity contribution in [2.75, 3.05) is 6.54 Å². The van der Waals surface area contributed by atoms with Gasteiger partial charge in [-0.05, 0) is 30.0 Å². The van der Waals surface area contributed by atoms with Gasteiger partial charge in [0.05, 0.1) is 22.4 Å². The highest BCUT2D eigenvalue weighted by molar-refractivity contribution is 7.90. The summed E-state index contributed by atoms with van der Waals surface area (Å²) in [6.45, 7) is 6.04. The fourth-order valence-corrected chi connectivity index (χ4v) is 5.05. The summed E-state index contributed by atoms with van der Waals surface area (Å²) in [6.07, 6.45) is 3.22. The Hall–Kier alpha value is -2.08. The zero-order chi connectivity index (χ0) is 26.9. The van der Waals surface area contributed by atoms with Gasteiger partial charge in [-0.1, -0.05) is 57.3 Å². The Kier molecular flexibility index (Phi) is 11.7. The highest BCUT2D eigenvalue weighted by Gasteiger charge is 2.21. The standard InChI is InChI=1S/C24H35ClN4O5S2/c1-4-6-7-20-27-23(25)19(15-30)29(20)14-17-8-10-18(11-9-17)36(33,34)28-21(31)12-13-26-24(32)22(35)16(3)5-2/h8-11,16,22,30,35H,4-7,12-15H2,1-3H3,(H,26,32)(H,28,31). The molecule has 0 fully saturated rings. The summed E-state index contributed by atoms with van der Waals surface area (Å²) in [6, 6.07) is 6.10. The Labute approximate surface area is 223 Å². The summed E-state index contributed by atoms with van der Waals surface area (Å²) in [5, 5.41) is 12.1. The predicted octanol–water partition coefficient (Wildman–Crippen LogP) is 3.08. The second kappa shape index (κ2) is 14.0. The molecule has 0 saturated heterocycles. The third kappa shape index (κ3) is 8.22. The third-order valence-corrected chi connectivity index (χ3v) is 8.37. The number of aromatic nitrogens is 2. The van der Waals surface area contributed by atoms with Crippen molar-refractivity contribution in [3.8, 4) is 0 Å². The van der Waals surface area contributed by atoms with E-state index >= 15 is 0 Å². The molecule has 0 spiro atoms. The summed E-state index contributed by atoms with van der Waals surface area (Å²) in [5.41, 5.74) is 1.29. The summed E-state index contributed by atoms with van der Waals surface area (Å²) < 4.78 is 29.1. The number of aliphatic hydroxyl groups excluding tert-OH is 1. The molecule has 200 valence electrons. The number of nitrogens with zero attached hydrogens (tertiary/aromatic N) is 2. The van der Waals surface area contributed by atoms with Gasteiger partial charge in [0.25, 0.3) is 10.0 Å². The van der Waals surface area contributed by atoms with E-state index in [1.807, 2.05) is 23.1 Å². The van der Waals surface area contributed by atoms with E-state index in [4.69, 9.17) is 11.6 Å². The number of carbonyl (C=O) groups excluding carboxylic acids is 2. The second-order valence-electron chi connectivity index (χ2n) is 8.66. The van der Waals surface area contributed by atoms with Crippen LogP contribution in [-0.2, 0) is 39.2 Å². The number of nitrogens with one attached hydrogen (secondary N) is 2. The molecular formula is C24H35ClN4O5S2. The van der Waals surface area contributed by atoms with Gasteiger partial charge in [0.1, 0.15) is 5.82 Å². The van der Waals surface area contributed by atoms with Crippen molar-refractivity contribution in [3.05, 3.63) is 46.5 Å².